The summed E-state index contributed by atoms with van der Waals surface area (Å²) in [5.74, 6) is 1.05. The summed E-state index contributed by atoms with van der Waals surface area (Å²) in [5.41, 5.74) is -1.28. The number of fused-ring (bicyclic) bond motifs is 4. The van der Waals surface area contributed by atoms with E-state index in [9.17, 15) is 15.5 Å². The number of rotatable bonds is 10. The van der Waals surface area contributed by atoms with Crippen LogP contribution in [-0.4, -0.2) is 87.2 Å². The molecule has 14 atom stereocenters. The molecule has 47 heavy (non-hydrogen) atoms. The standard InChI is InChI=1S/C33H58O8.C2H7O3P/c1-20-10-13-27(32(39-36)18-37-22(3)12-15-25(20)32)23(4)29(34)8-7-9-30(35)24(5)28-14-11-21(2)26-16-17-31(6)38-19-33(26,28)41-40-31;1-5-6(2,3)4/h20-30,34-36H,7-19H2,1-6H3;3-4H,2H2,1H3/t20-,21-,22?,23?,24?,25?,26?,27+,28+,29?,30?,31-,32-,33-;/m1./s1. The van der Waals surface area contributed by atoms with E-state index in [4.69, 9.17) is 33.9 Å². The Hall–Kier alpha value is -0.140. The van der Waals surface area contributed by atoms with Crippen molar-refractivity contribution in [2.24, 2.45) is 47.3 Å². The Morgan fingerprint density at radius 3 is 1.96 bits per heavy atom. The number of aliphatic hydroxyl groups is 2. The average molecular weight is 693 g/mol. The molecule has 2 bridgehead atoms. The zero-order chi connectivity index (χ0) is 34.8. The van der Waals surface area contributed by atoms with E-state index in [0.717, 1.165) is 57.8 Å². The second kappa shape index (κ2) is 16.0. The van der Waals surface area contributed by atoms with Gasteiger partial charge in [0.15, 0.2) is 5.79 Å². The third-order valence-corrected chi connectivity index (χ3v) is 13.6. The molecule has 0 aromatic heterocycles. The maximum Gasteiger partial charge on any atom is 0.245 e. The topological polar surface area (TPSA) is 157 Å². The monoisotopic (exact) mass is 692 g/mol. The van der Waals surface area contributed by atoms with Gasteiger partial charge in [-0.2, -0.15) is 0 Å². The molecule has 0 aromatic rings. The van der Waals surface area contributed by atoms with E-state index < -0.39 is 36.8 Å². The molecule has 0 radical (unpaired) electrons. The predicted octanol–water partition coefficient (Wildman–Crippen LogP) is 5.94. The molecule has 11 nitrogen and oxygen atoms in total. The van der Waals surface area contributed by atoms with Crippen molar-refractivity contribution >= 4 is 13.9 Å². The van der Waals surface area contributed by atoms with E-state index in [1.165, 1.54) is 7.11 Å². The summed E-state index contributed by atoms with van der Waals surface area (Å²) in [7, 11) is -1.95. The van der Waals surface area contributed by atoms with Gasteiger partial charge in [0, 0.05) is 13.5 Å². The molecule has 2 saturated carbocycles. The van der Waals surface area contributed by atoms with Crippen LogP contribution in [0.4, 0.5) is 0 Å². The molecular formula is C35H65O11P. The summed E-state index contributed by atoms with van der Waals surface area (Å²) < 4.78 is 16.4. The van der Waals surface area contributed by atoms with Gasteiger partial charge in [0.25, 0.3) is 0 Å². The summed E-state index contributed by atoms with van der Waals surface area (Å²) in [6.07, 6.45) is 11.8. The van der Waals surface area contributed by atoms with Crippen molar-refractivity contribution < 1.29 is 53.9 Å². The average Bonchev–Trinajstić information content (AvgIpc) is 3.39. The van der Waals surface area contributed by atoms with Gasteiger partial charge in [-0.25, -0.2) is 14.7 Å². The first kappa shape index (κ1) is 39.6. The van der Waals surface area contributed by atoms with Crippen LogP contribution in [0, 0.1) is 47.3 Å². The summed E-state index contributed by atoms with van der Waals surface area (Å²) in [6, 6.07) is 0. The Balaban J connectivity index is 0.000000762. The molecule has 2 aliphatic carbocycles. The van der Waals surface area contributed by atoms with Crippen LogP contribution in [0.25, 0.3) is 0 Å². The molecular weight excluding hydrogens is 627 g/mol. The summed E-state index contributed by atoms with van der Waals surface area (Å²) in [5, 5.41) is 33.1. The summed E-state index contributed by atoms with van der Waals surface area (Å²) >= 11 is 0. The fraction of sp³-hybridized carbons (Fsp3) is 0.971. The second-order valence-electron chi connectivity index (χ2n) is 16.0. The van der Waals surface area contributed by atoms with Crippen molar-refractivity contribution in [3.63, 3.8) is 0 Å². The molecule has 4 heterocycles. The maximum atomic E-state index is 11.4. The molecule has 0 amide bonds. The Kier molecular flexibility index (Phi) is 13.5. The summed E-state index contributed by atoms with van der Waals surface area (Å²) in [6.45, 7) is 13.8. The van der Waals surface area contributed by atoms with Crippen molar-refractivity contribution in [3.05, 3.63) is 0 Å². The maximum absolute atomic E-state index is 11.4. The lowest BCUT2D eigenvalue weighted by Crippen LogP contribution is -2.61. The fourth-order valence-electron chi connectivity index (χ4n) is 9.86. The lowest BCUT2D eigenvalue weighted by molar-refractivity contribution is -0.517. The zero-order valence-electron chi connectivity index (χ0n) is 29.9. The molecule has 6 rings (SSSR count). The SMILES string of the molecule is C=P(O)(O)OC.CC1CCC2[C@H](C)CC[C@@H](C(C)C(O)CCCC(O)C(C)[C@@H]3CC[C@@H](C)C4CC[C@]5(C)OC[C@@]43OO5)[C@@]2(OO)CO1. The smallest absolute Gasteiger partial charge is 0.245 e. The first-order valence-corrected chi connectivity index (χ1v) is 19.9. The molecule has 12 heteroatoms. The molecule has 6 aliphatic rings. The number of hydrogen-bond donors (Lipinski definition) is 5. The molecule has 4 aliphatic heterocycles. The van der Waals surface area contributed by atoms with Crippen LogP contribution in [0.2, 0.25) is 0 Å². The zero-order valence-corrected chi connectivity index (χ0v) is 30.8. The van der Waals surface area contributed by atoms with Crippen LogP contribution < -0.4 is 0 Å². The fourth-order valence-corrected chi connectivity index (χ4v) is 9.86. The minimum absolute atomic E-state index is 0.0162. The van der Waals surface area contributed by atoms with Gasteiger partial charge in [0.05, 0.1) is 31.5 Å². The normalized spacial score (nSPS) is 43.2. The highest BCUT2D eigenvalue weighted by Crippen LogP contribution is 2.56. The largest absolute Gasteiger partial charge is 0.393 e. The van der Waals surface area contributed by atoms with Crippen LogP contribution in [-0.2, 0) is 28.7 Å². The lowest BCUT2D eigenvalue weighted by atomic mass is 9.58. The van der Waals surface area contributed by atoms with Gasteiger partial charge in [-0.05, 0) is 132 Å². The quantitative estimate of drug-likeness (QED) is 0.105. The van der Waals surface area contributed by atoms with Crippen LogP contribution in [0.3, 0.4) is 0 Å². The van der Waals surface area contributed by atoms with Gasteiger partial charge in [-0.15, -0.1) is 0 Å². The second-order valence-corrected chi connectivity index (χ2v) is 17.7. The van der Waals surface area contributed by atoms with E-state index in [0.29, 0.717) is 43.8 Å². The first-order valence-electron chi connectivity index (χ1n) is 18.1. The van der Waals surface area contributed by atoms with E-state index in [1.54, 1.807) is 0 Å². The Labute approximate surface area is 282 Å². The third-order valence-electron chi connectivity index (χ3n) is 13.1. The highest BCUT2D eigenvalue weighted by molar-refractivity contribution is 7.57. The van der Waals surface area contributed by atoms with Crippen molar-refractivity contribution in [1.82, 2.24) is 0 Å². The molecule has 4 saturated heterocycles. The highest BCUT2D eigenvalue weighted by Gasteiger charge is 2.61. The van der Waals surface area contributed by atoms with E-state index in [2.05, 4.69) is 45.4 Å². The number of aliphatic hydroxyl groups excluding tert-OH is 2. The number of hydrogen-bond acceptors (Lipinski definition) is 11. The van der Waals surface area contributed by atoms with Crippen LogP contribution in [0.1, 0.15) is 112 Å². The van der Waals surface area contributed by atoms with Crippen LogP contribution in [0.15, 0.2) is 0 Å². The molecule has 1 spiro atoms. The predicted molar refractivity (Wildman–Crippen MR) is 180 cm³/mol. The van der Waals surface area contributed by atoms with E-state index in [1.807, 2.05) is 6.92 Å². The Bertz CT molecular complexity index is 991. The van der Waals surface area contributed by atoms with Crippen molar-refractivity contribution in [2.45, 2.75) is 147 Å². The first-order chi connectivity index (χ1) is 22.0. The lowest BCUT2D eigenvalue weighted by Gasteiger charge is -2.53. The minimum Gasteiger partial charge on any atom is -0.393 e. The van der Waals surface area contributed by atoms with E-state index in [-0.39, 0.29) is 35.7 Å². The van der Waals surface area contributed by atoms with Gasteiger partial charge >= 0.3 is 0 Å². The van der Waals surface area contributed by atoms with Gasteiger partial charge in [-0.1, -0.05) is 27.7 Å². The van der Waals surface area contributed by atoms with Gasteiger partial charge < -0.3 is 34.0 Å². The number of ether oxygens (including phenoxy) is 2. The van der Waals surface area contributed by atoms with Gasteiger partial charge in [-0.3, -0.25) is 5.26 Å². The molecule has 7 unspecified atom stereocenters. The van der Waals surface area contributed by atoms with Crippen molar-refractivity contribution in [3.8, 4) is 0 Å². The van der Waals surface area contributed by atoms with Crippen molar-refractivity contribution in [2.75, 3.05) is 20.3 Å². The molecule has 276 valence electrons. The van der Waals surface area contributed by atoms with Crippen molar-refractivity contribution in [1.29, 1.82) is 0 Å². The van der Waals surface area contributed by atoms with Gasteiger partial charge in [0.1, 0.15) is 11.2 Å². The van der Waals surface area contributed by atoms with E-state index >= 15 is 0 Å². The Morgan fingerprint density at radius 2 is 1.40 bits per heavy atom. The molecule has 0 aromatic carbocycles. The van der Waals surface area contributed by atoms with Gasteiger partial charge in [0.2, 0.25) is 7.57 Å². The minimum atomic E-state index is -3.15. The van der Waals surface area contributed by atoms with Crippen LogP contribution >= 0.6 is 7.57 Å². The highest BCUT2D eigenvalue weighted by atomic mass is 31.2. The molecule has 6 fully saturated rings. The summed E-state index contributed by atoms with van der Waals surface area (Å²) in [4.78, 5) is 33.8. The van der Waals surface area contributed by atoms with Crippen LogP contribution in [0.5, 0.6) is 0 Å². The Morgan fingerprint density at radius 1 is 0.830 bits per heavy atom. The molecule has 5 N–H and O–H groups in total. The third kappa shape index (κ3) is 8.67.